The summed E-state index contributed by atoms with van der Waals surface area (Å²) < 4.78 is 5.32. The molecular formula is C16H22N2O2. The zero-order valence-electron chi connectivity index (χ0n) is 12.2. The molecule has 1 aromatic carbocycles. The Labute approximate surface area is 120 Å². The highest BCUT2D eigenvalue weighted by molar-refractivity contribution is 5.73. The van der Waals surface area contributed by atoms with Crippen LogP contribution in [0.2, 0.25) is 0 Å². The number of rotatable bonds is 4. The molecule has 1 fully saturated rings. The highest BCUT2D eigenvalue weighted by Crippen LogP contribution is 2.18. The first kappa shape index (κ1) is 14.6. The van der Waals surface area contributed by atoms with Crippen molar-refractivity contribution in [3.05, 3.63) is 35.9 Å². The first-order valence-electron chi connectivity index (χ1n) is 6.98. The molecule has 1 saturated heterocycles. The smallest absolute Gasteiger partial charge is 0.219 e. The maximum atomic E-state index is 11.3. The van der Waals surface area contributed by atoms with Gasteiger partial charge in [-0.05, 0) is 6.07 Å². The molecule has 1 amide bonds. The molecule has 0 radical (unpaired) electrons. The molecule has 0 bridgehead atoms. The third-order valence-electron chi connectivity index (χ3n) is 3.62. The fourth-order valence-corrected chi connectivity index (χ4v) is 2.38. The van der Waals surface area contributed by atoms with Gasteiger partial charge in [-0.3, -0.25) is 9.69 Å². The van der Waals surface area contributed by atoms with Gasteiger partial charge in [-0.25, -0.2) is 0 Å². The van der Waals surface area contributed by atoms with Gasteiger partial charge in [0.05, 0.1) is 7.11 Å². The Kier molecular flexibility index (Phi) is 5.18. The molecule has 0 aromatic heterocycles. The van der Waals surface area contributed by atoms with Gasteiger partial charge in [0, 0.05) is 45.2 Å². The van der Waals surface area contributed by atoms with Crippen LogP contribution in [0.3, 0.4) is 0 Å². The quantitative estimate of drug-likeness (QED) is 0.840. The van der Waals surface area contributed by atoms with Gasteiger partial charge in [-0.15, -0.1) is 0 Å². The number of benzene rings is 1. The Morgan fingerprint density at radius 1 is 1.25 bits per heavy atom. The van der Waals surface area contributed by atoms with Crippen LogP contribution in [-0.4, -0.2) is 55.5 Å². The standard InChI is InChI=1S/C16H22N2O2/c1-14(19)18-12-10-17(11-13-18)9-5-7-15-6-3-4-8-16(15)20-2/h3-8H,9-13H2,1-2H3/b7-5-. The second-order valence-electron chi connectivity index (χ2n) is 4.95. The van der Waals surface area contributed by atoms with Gasteiger partial charge in [0.25, 0.3) is 0 Å². The number of nitrogens with zero attached hydrogens (tertiary/aromatic N) is 2. The zero-order chi connectivity index (χ0) is 14.4. The summed E-state index contributed by atoms with van der Waals surface area (Å²) in [5, 5.41) is 0. The molecule has 0 atom stereocenters. The van der Waals surface area contributed by atoms with E-state index < -0.39 is 0 Å². The highest BCUT2D eigenvalue weighted by atomic mass is 16.5. The lowest BCUT2D eigenvalue weighted by Gasteiger charge is -2.33. The second kappa shape index (κ2) is 7.10. The van der Waals surface area contributed by atoms with E-state index in [-0.39, 0.29) is 5.91 Å². The Bertz CT molecular complexity index is 477. The van der Waals surface area contributed by atoms with Gasteiger partial charge in [0.1, 0.15) is 5.75 Å². The van der Waals surface area contributed by atoms with Crippen molar-refractivity contribution in [1.29, 1.82) is 0 Å². The minimum absolute atomic E-state index is 0.175. The fraction of sp³-hybridized carbons (Fsp3) is 0.438. The molecule has 1 aliphatic heterocycles. The molecule has 2 rings (SSSR count). The Balaban J connectivity index is 1.84. The maximum absolute atomic E-state index is 11.3. The molecule has 1 heterocycles. The van der Waals surface area contributed by atoms with Gasteiger partial charge >= 0.3 is 0 Å². The van der Waals surface area contributed by atoms with Crippen molar-refractivity contribution in [3.63, 3.8) is 0 Å². The summed E-state index contributed by atoms with van der Waals surface area (Å²) in [6, 6.07) is 7.99. The van der Waals surface area contributed by atoms with E-state index in [2.05, 4.69) is 17.1 Å². The molecule has 0 spiro atoms. The molecule has 0 N–H and O–H groups in total. The molecule has 4 heteroatoms. The van der Waals surface area contributed by atoms with E-state index in [0.29, 0.717) is 0 Å². The van der Waals surface area contributed by atoms with Crippen LogP contribution in [0.1, 0.15) is 12.5 Å². The maximum Gasteiger partial charge on any atom is 0.219 e. The molecule has 1 aliphatic rings. The average Bonchev–Trinajstić information content (AvgIpc) is 2.48. The van der Waals surface area contributed by atoms with Crippen molar-refractivity contribution in [2.45, 2.75) is 6.92 Å². The van der Waals surface area contributed by atoms with Crippen LogP contribution in [-0.2, 0) is 4.79 Å². The van der Waals surface area contributed by atoms with Gasteiger partial charge in [0.2, 0.25) is 5.91 Å². The Morgan fingerprint density at radius 3 is 2.60 bits per heavy atom. The second-order valence-corrected chi connectivity index (χ2v) is 4.95. The third kappa shape index (κ3) is 3.84. The average molecular weight is 274 g/mol. The predicted molar refractivity (Wildman–Crippen MR) is 80.7 cm³/mol. The van der Waals surface area contributed by atoms with Gasteiger partial charge in [-0.1, -0.05) is 30.4 Å². The van der Waals surface area contributed by atoms with Gasteiger partial charge in [-0.2, -0.15) is 0 Å². The van der Waals surface area contributed by atoms with Gasteiger partial charge in [0.15, 0.2) is 0 Å². The van der Waals surface area contributed by atoms with Crippen LogP contribution in [0.4, 0.5) is 0 Å². The summed E-state index contributed by atoms with van der Waals surface area (Å²) >= 11 is 0. The van der Waals surface area contributed by atoms with Crippen molar-refractivity contribution >= 4 is 12.0 Å². The zero-order valence-corrected chi connectivity index (χ0v) is 12.2. The van der Waals surface area contributed by atoms with Crippen molar-refractivity contribution < 1.29 is 9.53 Å². The van der Waals surface area contributed by atoms with E-state index in [1.165, 1.54) is 0 Å². The highest BCUT2D eigenvalue weighted by Gasteiger charge is 2.17. The van der Waals surface area contributed by atoms with Crippen LogP contribution in [0, 0.1) is 0 Å². The van der Waals surface area contributed by atoms with E-state index in [4.69, 9.17) is 4.74 Å². The van der Waals surface area contributed by atoms with E-state index in [9.17, 15) is 4.79 Å². The molecule has 108 valence electrons. The first-order chi connectivity index (χ1) is 9.70. The number of carbonyl (C=O) groups is 1. The number of piperazine rings is 1. The topological polar surface area (TPSA) is 32.8 Å². The number of hydrogen-bond donors (Lipinski definition) is 0. The van der Waals surface area contributed by atoms with E-state index >= 15 is 0 Å². The Hall–Kier alpha value is -1.81. The number of carbonyl (C=O) groups excluding carboxylic acids is 1. The SMILES string of the molecule is COc1ccccc1/C=C\CN1CCN(C(C)=O)CC1. The van der Waals surface area contributed by atoms with E-state index in [0.717, 1.165) is 44.0 Å². The summed E-state index contributed by atoms with van der Waals surface area (Å²) in [7, 11) is 1.69. The minimum atomic E-state index is 0.175. The van der Waals surface area contributed by atoms with Crippen LogP contribution in [0.5, 0.6) is 5.75 Å². The number of amides is 1. The third-order valence-corrected chi connectivity index (χ3v) is 3.62. The molecule has 0 unspecified atom stereocenters. The molecule has 0 saturated carbocycles. The lowest BCUT2D eigenvalue weighted by Crippen LogP contribution is -2.47. The van der Waals surface area contributed by atoms with Crippen LogP contribution < -0.4 is 4.74 Å². The van der Waals surface area contributed by atoms with Crippen molar-refractivity contribution in [2.75, 3.05) is 39.8 Å². The largest absolute Gasteiger partial charge is 0.496 e. The molecular weight excluding hydrogens is 252 g/mol. The van der Waals surface area contributed by atoms with Gasteiger partial charge < -0.3 is 9.64 Å². The molecule has 20 heavy (non-hydrogen) atoms. The van der Waals surface area contributed by atoms with Crippen molar-refractivity contribution in [3.8, 4) is 5.75 Å². The van der Waals surface area contributed by atoms with Crippen LogP contribution in [0.25, 0.3) is 6.08 Å². The molecule has 4 nitrogen and oxygen atoms in total. The monoisotopic (exact) mass is 274 g/mol. The number of hydrogen-bond acceptors (Lipinski definition) is 3. The lowest BCUT2D eigenvalue weighted by atomic mass is 10.2. The van der Waals surface area contributed by atoms with Crippen LogP contribution in [0.15, 0.2) is 30.3 Å². The number of methoxy groups -OCH3 is 1. The normalized spacial score (nSPS) is 16.6. The fourth-order valence-electron chi connectivity index (χ4n) is 2.38. The van der Waals surface area contributed by atoms with Crippen molar-refractivity contribution in [1.82, 2.24) is 9.80 Å². The minimum Gasteiger partial charge on any atom is -0.496 e. The summed E-state index contributed by atoms with van der Waals surface area (Å²) in [6.45, 7) is 6.09. The van der Waals surface area contributed by atoms with E-state index in [1.54, 1.807) is 14.0 Å². The summed E-state index contributed by atoms with van der Waals surface area (Å²) in [5.74, 6) is 1.07. The van der Waals surface area contributed by atoms with E-state index in [1.807, 2.05) is 29.2 Å². The van der Waals surface area contributed by atoms with Crippen molar-refractivity contribution in [2.24, 2.45) is 0 Å². The van der Waals surface area contributed by atoms with Crippen LogP contribution >= 0.6 is 0 Å². The summed E-state index contributed by atoms with van der Waals surface area (Å²) in [6.07, 6.45) is 4.25. The Morgan fingerprint density at radius 2 is 1.95 bits per heavy atom. The first-order valence-corrected chi connectivity index (χ1v) is 6.98. The summed E-state index contributed by atoms with van der Waals surface area (Å²) in [4.78, 5) is 15.5. The number of ether oxygens (including phenoxy) is 1. The lowest BCUT2D eigenvalue weighted by molar-refractivity contribution is -0.130. The summed E-state index contributed by atoms with van der Waals surface area (Å²) in [5.41, 5.74) is 1.09. The predicted octanol–water partition coefficient (Wildman–Crippen LogP) is 1.87. The number of para-hydroxylation sites is 1. The molecule has 0 aliphatic carbocycles. The molecule has 1 aromatic rings.